The fourth-order valence-electron chi connectivity index (χ4n) is 1.63. The van der Waals surface area contributed by atoms with Crippen LogP contribution in [-0.2, 0) is 0 Å². The maximum atomic E-state index is 10.9. The Hall–Kier alpha value is -2.44. The number of hydrogen-bond donors (Lipinski definition) is 1. The summed E-state index contributed by atoms with van der Waals surface area (Å²) in [7, 11) is 1.67. The molecule has 0 fully saturated rings. The molecule has 100 valence electrons. The molecule has 0 aromatic carbocycles. The summed E-state index contributed by atoms with van der Waals surface area (Å²) in [6.45, 7) is 4.07. The minimum Gasteiger partial charge on any atom is -0.373 e. The van der Waals surface area contributed by atoms with Gasteiger partial charge in [-0.3, -0.25) is 10.1 Å². The molecule has 7 heteroatoms. The number of nitro groups is 1. The first-order valence-corrected chi connectivity index (χ1v) is 5.91. The lowest BCUT2D eigenvalue weighted by Crippen LogP contribution is -2.04. The molecule has 2 aromatic heterocycles. The van der Waals surface area contributed by atoms with Crippen LogP contribution in [0.25, 0.3) is 5.82 Å². The molecule has 0 saturated carbocycles. The maximum absolute atomic E-state index is 10.9. The zero-order valence-electron chi connectivity index (χ0n) is 11.0. The SMILES string of the molecule is CNc1cc([N+](=O)[O-])cc(-n2ccc(C(C)C)n2)n1. The summed E-state index contributed by atoms with van der Waals surface area (Å²) in [6.07, 6.45) is 1.75. The van der Waals surface area contributed by atoms with Gasteiger partial charge >= 0.3 is 0 Å². The van der Waals surface area contributed by atoms with Crippen molar-refractivity contribution < 1.29 is 4.92 Å². The van der Waals surface area contributed by atoms with Gasteiger partial charge in [-0.05, 0) is 12.0 Å². The number of anilines is 1. The van der Waals surface area contributed by atoms with Crippen molar-refractivity contribution in [1.29, 1.82) is 0 Å². The van der Waals surface area contributed by atoms with Crippen molar-refractivity contribution in [3.63, 3.8) is 0 Å². The van der Waals surface area contributed by atoms with E-state index in [-0.39, 0.29) is 5.69 Å². The van der Waals surface area contributed by atoms with E-state index in [1.165, 1.54) is 12.1 Å². The average molecular weight is 261 g/mol. The lowest BCUT2D eigenvalue weighted by atomic mass is 10.1. The summed E-state index contributed by atoms with van der Waals surface area (Å²) in [5, 5.41) is 18.1. The van der Waals surface area contributed by atoms with Crippen LogP contribution in [0.2, 0.25) is 0 Å². The van der Waals surface area contributed by atoms with Gasteiger partial charge in [0.25, 0.3) is 5.69 Å². The Balaban J connectivity index is 2.48. The minimum absolute atomic E-state index is 0.0176. The molecule has 7 nitrogen and oxygen atoms in total. The molecular weight excluding hydrogens is 246 g/mol. The predicted molar refractivity (Wildman–Crippen MR) is 71.6 cm³/mol. The van der Waals surface area contributed by atoms with Crippen molar-refractivity contribution in [3.8, 4) is 5.82 Å². The first-order valence-electron chi connectivity index (χ1n) is 5.91. The van der Waals surface area contributed by atoms with E-state index in [4.69, 9.17) is 0 Å². The van der Waals surface area contributed by atoms with Gasteiger partial charge in [-0.15, -0.1) is 0 Å². The Morgan fingerprint density at radius 1 is 1.42 bits per heavy atom. The number of pyridine rings is 1. The topological polar surface area (TPSA) is 85.9 Å². The van der Waals surface area contributed by atoms with E-state index in [9.17, 15) is 10.1 Å². The minimum atomic E-state index is -0.446. The van der Waals surface area contributed by atoms with Gasteiger partial charge in [-0.1, -0.05) is 13.8 Å². The zero-order valence-corrected chi connectivity index (χ0v) is 11.0. The third-order valence-corrected chi connectivity index (χ3v) is 2.70. The summed E-state index contributed by atoms with van der Waals surface area (Å²) >= 11 is 0. The van der Waals surface area contributed by atoms with Gasteiger partial charge < -0.3 is 5.32 Å². The molecule has 0 aliphatic heterocycles. The fraction of sp³-hybridized carbons (Fsp3) is 0.333. The molecule has 19 heavy (non-hydrogen) atoms. The van der Waals surface area contributed by atoms with E-state index >= 15 is 0 Å². The highest BCUT2D eigenvalue weighted by molar-refractivity contribution is 5.50. The summed E-state index contributed by atoms with van der Waals surface area (Å²) in [4.78, 5) is 14.7. The van der Waals surface area contributed by atoms with E-state index in [1.54, 1.807) is 17.9 Å². The molecule has 2 heterocycles. The van der Waals surface area contributed by atoms with Crippen LogP contribution in [-0.4, -0.2) is 26.7 Å². The maximum Gasteiger partial charge on any atom is 0.276 e. The monoisotopic (exact) mass is 261 g/mol. The molecule has 2 rings (SSSR count). The standard InChI is InChI=1S/C12H15N5O2/c1-8(2)10-4-5-16(15-10)12-7-9(17(18)19)6-11(13-3)14-12/h4-8H,1-3H3,(H,13,14). The predicted octanol–water partition coefficient (Wildman–Crippen LogP) is 2.34. The van der Waals surface area contributed by atoms with Crippen LogP contribution in [0.15, 0.2) is 24.4 Å². The highest BCUT2D eigenvalue weighted by Crippen LogP contribution is 2.20. The zero-order chi connectivity index (χ0) is 14.0. The van der Waals surface area contributed by atoms with Crippen molar-refractivity contribution in [2.24, 2.45) is 0 Å². The lowest BCUT2D eigenvalue weighted by molar-refractivity contribution is -0.384. The molecule has 0 saturated heterocycles. The number of aromatic nitrogens is 3. The van der Waals surface area contributed by atoms with Crippen LogP contribution in [0.1, 0.15) is 25.5 Å². The molecule has 1 N–H and O–H groups in total. The normalized spacial score (nSPS) is 10.7. The molecular formula is C12H15N5O2. The number of rotatable bonds is 4. The quantitative estimate of drug-likeness (QED) is 0.674. The Morgan fingerprint density at radius 2 is 2.16 bits per heavy atom. The molecule has 0 bridgehead atoms. The van der Waals surface area contributed by atoms with Crippen LogP contribution < -0.4 is 5.32 Å². The highest BCUT2D eigenvalue weighted by atomic mass is 16.6. The van der Waals surface area contributed by atoms with Crippen LogP contribution in [0.5, 0.6) is 0 Å². The molecule has 0 aliphatic rings. The first-order chi connectivity index (χ1) is 9.01. The van der Waals surface area contributed by atoms with Gasteiger partial charge in [0.05, 0.1) is 22.7 Å². The van der Waals surface area contributed by atoms with Crippen molar-refractivity contribution in [2.75, 3.05) is 12.4 Å². The largest absolute Gasteiger partial charge is 0.373 e. The van der Waals surface area contributed by atoms with E-state index in [2.05, 4.69) is 15.4 Å². The van der Waals surface area contributed by atoms with Gasteiger partial charge in [-0.2, -0.15) is 5.10 Å². The van der Waals surface area contributed by atoms with Crippen molar-refractivity contribution in [3.05, 3.63) is 40.2 Å². The second-order valence-electron chi connectivity index (χ2n) is 4.42. The summed E-state index contributed by atoms with van der Waals surface area (Å²) in [5.41, 5.74) is 0.898. The lowest BCUT2D eigenvalue weighted by Gasteiger charge is -2.05. The first kappa shape index (κ1) is 13.0. The Bertz CT molecular complexity index is 606. The summed E-state index contributed by atoms with van der Waals surface area (Å²) in [5.74, 6) is 1.15. The molecule has 2 aromatic rings. The average Bonchev–Trinajstić information content (AvgIpc) is 2.87. The van der Waals surface area contributed by atoms with Crippen LogP contribution in [0.4, 0.5) is 11.5 Å². The van der Waals surface area contributed by atoms with Gasteiger partial charge in [0.1, 0.15) is 5.82 Å². The molecule has 0 spiro atoms. The van der Waals surface area contributed by atoms with E-state index in [0.29, 0.717) is 17.6 Å². The third-order valence-electron chi connectivity index (χ3n) is 2.70. The van der Waals surface area contributed by atoms with Crippen molar-refractivity contribution in [2.45, 2.75) is 19.8 Å². The van der Waals surface area contributed by atoms with Crippen LogP contribution >= 0.6 is 0 Å². The summed E-state index contributed by atoms with van der Waals surface area (Å²) in [6, 6.07) is 4.67. The number of nitrogens with one attached hydrogen (secondary N) is 1. The van der Waals surface area contributed by atoms with Gasteiger partial charge in [-0.25, -0.2) is 9.67 Å². The fourth-order valence-corrected chi connectivity index (χ4v) is 1.63. The van der Waals surface area contributed by atoms with Crippen LogP contribution in [0.3, 0.4) is 0 Å². The van der Waals surface area contributed by atoms with Crippen LogP contribution in [0, 0.1) is 10.1 Å². The summed E-state index contributed by atoms with van der Waals surface area (Å²) < 4.78 is 1.54. The van der Waals surface area contributed by atoms with E-state index in [1.807, 2.05) is 19.9 Å². The van der Waals surface area contributed by atoms with Gasteiger partial charge in [0.15, 0.2) is 5.82 Å². The second-order valence-corrected chi connectivity index (χ2v) is 4.42. The highest BCUT2D eigenvalue weighted by Gasteiger charge is 2.13. The van der Waals surface area contributed by atoms with Gasteiger partial charge in [0.2, 0.25) is 0 Å². The number of nitrogens with zero attached hydrogens (tertiary/aromatic N) is 4. The molecule has 0 radical (unpaired) electrons. The van der Waals surface area contributed by atoms with E-state index < -0.39 is 4.92 Å². The molecule has 0 unspecified atom stereocenters. The smallest absolute Gasteiger partial charge is 0.276 e. The van der Waals surface area contributed by atoms with E-state index in [0.717, 1.165) is 5.69 Å². The molecule has 0 atom stereocenters. The number of hydrogen-bond acceptors (Lipinski definition) is 5. The van der Waals surface area contributed by atoms with Gasteiger partial charge in [0, 0.05) is 13.2 Å². The van der Waals surface area contributed by atoms with Crippen molar-refractivity contribution >= 4 is 11.5 Å². The Morgan fingerprint density at radius 3 is 2.68 bits per heavy atom. The Labute approximate surface area is 110 Å². The molecule has 0 aliphatic carbocycles. The third kappa shape index (κ3) is 2.70. The Kier molecular flexibility index (Phi) is 3.46. The van der Waals surface area contributed by atoms with Crippen molar-refractivity contribution in [1.82, 2.24) is 14.8 Å². The second kappa shape index (κ2) is 5.05. The molecule has 0 amide bonds.